The van der Waals surface area contributed by atoms with Gasteiger partial charge in [0.15, 0.2) is 0 Å². The van der Waals surface area contributed by atoms with Crippen LogP contribution in [0.1, 0.15) is 0 Å². The number of alkyl halides is 1. The molecule has 1 aliphatic heterocycles. The lowest BCUT2D eigenvalue weighted by atomic mass is 10.4. The summed E-state index contributed by atoms with van der Waals surface area (Å²) in [5.74, 6) is -3.10. The van der Waals surface area contributed by atoms with Crippen molar-refractivity contribution in [1.82, 2.24) is 9.55 Å². The zero-order valence-electron chi connectivity index (χ0n) is 8.93. The summed E-state index contributed by atoms with van der Waals surface area (Å²) in [7, 11) is 0. The Morgan fingerprint density at radius 1 is 1.72 bits per heavy atom. The van der Waals surface area contributed by atoms with Gasteiger partial charge in [-0.2, -0.15) is 13.9 Å². The minimum Gasteiger partial charge on any atom is -0.388 e. The molecule has 2 rings (SSSR count). The molecule has 0 spiro atoms. The molecule has 100 valence electrons. The molecule has 0 aromatic carbocycles. The van der Waals surface area contributed by atoms with E-state index in [9.17, 15) is 18.8 Å². The average Bonchev–Trinajstić information content (AvgIpc) is 2.54. The van der Waals surface area contributed by atoms with E-state index in [1.54, 1.807) is 0 Å². The quantitative estimate of drug-likeness (QED) is 0.468. The summed E-state index contributed by atoms with van der Waals surface area (Å²) in [4.78, 5) is 14.8. The van der Waals surface area contributed by atoms with Crippen LogP contribution in [0.3, 0.4) is 0 Å². The van der Waals surface area contributed by atoms with E-state index in [2.05, 4.69) is 4.98 Å². The summed E-state index contributed by atoms with van der Waals surface area (Å²) < 4.78 is 29.0. The van der Waals surface area contributed by atoms with Crippen LogP contribution in [0, 0.1) is 0 Å². The number of hydrogen-bond acceptors (Lipinski definition) is 7. The van der Waals surface area contributed by atoms with Crippen molar-refractivity contribution >= 4 is 17.0 Å². The van der Waals surface area contributed by atoms with Crippen molar-refractivity contribution in [1.29, 1.82) is 0 Å². The average molecular weight is 280 g/mol. The molecule has 1 saturated heterocycles. The number of aliphatic hydroxyl groups excluding tert-OH is 2. The lowest BCUT2D eigenvalue weighted by molar-refractivity contribution is -0.239. The van der Waals surface area contributed by atoms with Gasteiger partial charge in [-0.05, 0) is 6.07 Å². The number of ether oxygens (including phenoxy) is 1. The highest BCUT2D eigenvalue weighted by Crippen LogP contribution is 2.38. The van der Waals surface area contributed by atoms with Crippen LogP contribution in [0.5, 0.6) is 0 Å². The molecule has 1 aromatic heterocycles. The van der Waals surface area contributed by atoms with Gasteiger partial charge in [0.2, 0.25) is 11.2 Å². The van der Waals surface area contributed by atoms with E-state index in [1.165, 1.54) is 0 Å². The fourth-order valence-electron chi connectivity index (χ4n) is 1.52. The third-order valence-electron chi connectivity index (χ3n) is 2.40. The zero-order chi connectivity index (χ0) is 13.5. The van der Waals surface area contributed by atoms with Gasteiger partial charge in [-0.25, -0.2) is 9.36 Å². The third kappa shape index (κ3) is 1.87. The zero-order valence-corrected chi connectivity index (χ0v) is 9.75. The first-order valence-electron chi connectivity index (χ1n) is 4.82. The van der Waals surface area contributed by atoms with Crippen molar-refractivity contribution < 1.29 is 23.9 Å². The van der Waals surface area contributed by atoms with Crippen molar-refractivity contribution in [3.8, 4) is 0 Å². The van der Waals surface area contributed by atoms with Crippen molar-refractivity contribution in [2.45, 2.75) is 16.9 Å². The molecule has 2 heterocycles. The Morgan fingerprint density at radius 3 is 2.89 bits per heavy atom. The van der Waals surface area contributed by atoms with E-state index in [0.29, 0.717) is 4.57 Å². The first-order valence-corrected chi connectivity index (χ1v) is 6.13. The maximum atomic E-state index is 14.5. The van der Waals surface area contributed by atoms with Crippen molar-refractivity contribution in [3.05, 3.63) is 22.7 Å². The molecular weight excluding hydrogens is 269 g/mol. The second kappa shape index (κ2) is 4.48. The van der Waals surface area contributed by atoms with Crippen LogP contribution in [-0.4, -0.2) is 41.8 Å². The summed E-state index contributed by atoms with van der Waals surface area (Å²) in [6, 6.07) is 1.14. The minimum atomic E-state index is -2.98. The molecule has 1 fully saturated rings. The van der Waals surface area contributed by atoms with E-state index >= 15 is 0 Å². The van der Waals surface area contributed by atoms with Gasteiger partial charge in [0, 0.05) is 6.20 Å². The highest BCUT2D eigenvalue weighted by Gasteiger charge is 2.66. The van der Waals surface area contributed by atoms with Gasteiger partial charge in [0.1, 0.15) is 12.4 Å². The fourth-order valence-corrected chi connectivity index (χ4v) is 2.66. The summed E-state index contributed by atoms with van der Waals surface area (Å²) in [5, 5.41) is 18.5. The maximum absolute atomic E-state index is 14.5. The van der Waals surface area contributed by atoms with E-state index in [-0.39, 0.29) is 5.82 Å². The minimum absolute atomic E-state index is 0.117. The highest BCUT2D eigenvalue weighted by atomic mass is 32.2. The molecular formula is C8H11FN3O5S+. The molecule has 4 atom stereocenters. The predicted molar refractivity (Wildman–Crippen MR) is 60.0 cm³/mol. The van der Waals surface area contributed by atoms with Crippen LogP contribution in [0.4, 0.5) is 10.2 Å². The maximum Gasteiger partial charge on any atom is 0.379 e. The number of nitrogens with zero attached hydrogens (tertiary/aromatic N) is 2. The van der Waals surface area contributed by atoms with Crippen LogP contribution >= 0.6 is 0 Å². The Balaban J connectivity index is 2.46. The van der Waals surface area contributed by atoms with E-state index in [0.717, 1.165) is 12.3 Å². The van der Waals surface area contributed by atoms with Crippen LogP contribution < -0.4 is 11.4 Å². The predicted octanol–water partition coefficient (Wildman–Crippen LogP) is -1.84. The number of aromatic nitrogens is 2. The van der Waals surface area contributed by atoms with E-state index in [1.807, 2.05) is 0 Å². The van der Waals surface area contributed by atoms with Gasteiger partial charge < -0.3 is 15.9 Å². The molecule has 1 unspecified atom stereocenters. The lowest BCUT2D eigenvalue weighted by Gasteiger charge is -2.19. The van der Waals surface area contributed by atoms with Gasteiger partial charge >= 0.3 is 17.1 Å². The Labute approximate surface area is 103 Å². The summed E-state index contributed by atoms with van der Waals surface area (Å²) >= 11 is -1.95. The summed E-state index contributed by atoms with van der Waals surface area (Å²) in [6.07, 6.45) is 0.949. The molecule has 8 nitrogen and oxygen atoms in total. The smallest absolute Gasteiger partial charge is 0.379 e. The van der Waals surface area contributed by atoms with Gasteiger partial charge in [-0.1, -0.05) is 0 Å². The number of aliphatic hydroxyl groups is 2. The molecule has 1 aliphatic rings. The first kappa shape index (κ1) is 13.2. The number of hydrogen-bond donors (Lipinski definition) is 4. The van der Waals surface area contributed by atoms with Gasteiger partial charge in [-0.15, -0.1) is 0 Å². The highest BCUT2D eigenvalue weighted by molar-refractivity contribution is 7.92. The van der Waals surface area contributed by atoms with Crippen molar-refractivity contribution in [3.63, 3.8) is 0 Å². The summed E-state index contributed by atoms with van der Waals surface area (Å²) in [6.45, 7) is -0.695. The Hall–Kier alpha value is -1.20. The second-order valence-corrected chi connectivity index (χ2v) is 5.21. The lowest BCUT2D eigenvalue weighted by Crippen LogP contribution is -2.46. The Kier molecular flexibility index (Phi) is 3.29. The topological polar surface area (TPSA) is 131 Å². The van der Waals surface area contributed by atoms with Crippen LogP contribution in [0.15, 0.2) is 17.1 Å². The molecule has 0 aliphatic carbocycles. The van der Waals surface area contributed by atoms with Gasteiger partial charge in [-0.3, -0.25) is 4.74 Å². The van der Waals surface area contributed by atoms with E-state index in [4.69, 9.17) is 15.6 Å². The van der Waals surface area contributed by atoms with Crippen molar-refractivity contribution in [2.24, 2.45) is 0 Å². The third-order valence-corrected chi connectivity index (χ3v) is 3.93. The molecule has 18 heavy (non-hydrogen) atoms. The van der Waals surface area contributed by atoms with Crippen LogP contribution in [-0.2, 0) is 21.9 Å². The molecule has 5 N–H and O–H groups in total. The van der Waals surface area contributed by atoms with Crippen LogP contribution in [0.2, 0.25) is 0 Å². The summed E-state index contributed by atoms with van der Waals surface area (Å²) in [5.41, 5.74) is 0.857. The van der Waals surface area contributed by atoms with Crippen LogP contribution in [0.25, 0.3) is 0 Å². The second-order valence-electron chi connectivity index (χ2n) is 3.54. The Bertz CT molecular complexity index is 514. The van der Waals surface area contributed by atoms with E-state index < -0.39 is 40.3 Å². The van der Waals surface area contributed by atoms with Gasteiger partial charge in [0.05, 0.1) is 0 Å². The molecule has 10 heteroatoms. The monoisotopic (exact) mass is 280 g/mol. The number of halogens is 1. The first-order chi connectivity index (χ1) is 8.40. The van der Waals surface area contributed by atoms with Crippen molar-refractivity contribution in [2.75, 3.05) is 12.3 Å². The number of anilines is 1. The largest absolute Gasteiger partial charge is 0.388 e. The van der Waals surface area contributed by atoms with Gasteiger partial charge in [0.25, 0.3) is 5.44 Å². The molecule has 0 saturated carbocycles. The standard InChI is InChI=1S/C8H10FN3O5S/c9-8(6(14)18(16)5(3-13)17-8)12-2-1-4(10)11-7(12)15/h1-2,5-6,13-14,16H,3H2,(H-,10,11,15)/p+1/t5-,6+,8-,18?/m0/s1. The molecule has 0 radical (unpaired) electrons. The molecule has 1 aromatic rings. The molecule has 0 bridgehead atoms. The SMILES string of the molecule is Nc1ccn([C@]2(F)O[C@H](CO)[S+](O)[C@H]2O)c(=O)n1. The number of rotatable bonds is 2. The molecule has 0 amide bonds. The Morgan fingerprint density at radius 2 is 2.39 bits per heavy atom. The number of nitrogens with two attached hydrogens (primary N) is 1. The fraction of sp³-hybridized carbons (Fsp3) is 0.500. The number of nitrogen functional groups attached to an aromatic ring is 1. The normalized spacial score (nSPS) is 35.9.